The van der Waals surface area contributed by atoms with Gasteiger partial charge in [0.05, 0.1) is 24.0 Å². The maximum Gasteiger partial charge on any atom is 0.301 e. The van der Waals surface area contributed by atoms with E-state index in [1.807, 2.05) is 19.3 Å². The minimum absolute atomic E-state index is 0.00110. The van der Waals surface area contributed by atoms with Crippen LogP contribution in [0.1, 0.15) is 29.9 Å². The number of anilines is 1. The molecule has 5 rings (SSSR count). The molecule has 1 saturated carbocycles. The lowest BCUT2D eigenvalue weighted by molar-refractivity contribution is -0.161. The highest BCUT2D eigenvalue weighted by Crippen LogP contribution is 2.47. The van der Waals surface area contributed by atoms with E-state index in [1.165, 1.54) is 18.5 Å². The highest BCUT2D eigenvalue weighted by Gasteiger charge is 2.48. The molecular weight excluding hydrogens is 512 g/mol. The zero-order valence-corrected chi connectivity index (χ0v) is 20.9. The molecule has 202 valence electrons. The van der Waals surface area contributed by atoms with Gasteiger partial charge in [-0.05, 0) is 36.1 Å². The summed E-state index contributed by atoms with van der Waals surface area (Å²) in [7, 11) is 1.82. The summed E-state index contributed by atoms with van der Waals surface area (Å²) in [6.45, 7) is -1.72. The molecule has 1 saturated heterocycles. The summed E-state index contributed by atoms with van der Waals surface area (Å²) in [6, 6.07) is 7.99. The molecular formula is C26H25F2N7O4. The third kappa shape index (κ3) is 5.56. The Morgan fingerprint density at radius 1 is 1.31 bits per heavy atom. The lowest BCUT2D eigenvalue weighted by atomic mass is 10.0. The van der Waals surface area contributed by atoms with Gasteiger partial charge in [0, 0.05) is 43.8 Å². The third-order valence-electron chi connectivity index (χ3n) is 6.89. The Labute approximate surface area is 222 Å². The predicted molar refractivity (Wildman–Crippen MR) is 133 cm³/mol. The summed E-state index contributed by atoms with van der Waals surface area (Å²) in [5.41, 5.74) is 1.96. The van der Waals surface area contributed by atoms with Crippen molar-refractivity contribution in [2.45, 2.75) is 30.8 Å². The largest absolute Gasteiger partial charge is 0.483 e. The summed E-state index contributed by atoms with van der Waals surface area (Å²) in [4.78, 5) is 33.6. The summed E-state index contributed by atoms with van der Waals surface area (Å²) in [6.07, 6.45) is 3.94. The van der Waals surface area contributed by atoms with Crippen LogP contribution in [-0.2, 0) is 16.6 Å². The van der Waals surface area contributed by atoms with E-state index in [9.17, 15) is 23.6 Å². The summed E-state index contributed by atoms with van der Waals surface area (Å²) < 4.78 is 36.6. The van der Waals surface area contributed by atoms with Gasteiger partial charge >= 0.3 is 5.92 Å². The van der Waals surface area contributed by atoms with Crippen LogP contribution in [0.5, 0.6) is 5.75 Å². The molecule has 2 amide bonds. The number of aryl methyl sites for hydroxylation is 1. The number of carbonyl (C=O) groups is 2. The van der Waals surface area contributed by atoms with Crippen molar-refractivity contribution in [3.8, 4) is 23.1 Å². The maximum atomic E-state index is 14.7. The van der Waals surface area contributed by atoms with Gasteiger partial charge < -0.3 is 20.1 Å². The molecule has 1 aliphatic carbocycles. The number of amides is 2. The second kappa shape index (κ2) is 10.4. The molecule has 2 fully saturated rings. The first-order valence-corrected chi connectivity index (χ1v) is 12.3. The molecule has 3 heterocycles. The van der Waals surface area contributed by atoms with Gasteiger partial charge in [-0.15, -0.1) is 0 Å². The summed E-state index contributed by atoms with van der Waals surface area (Å²) >= 11 is 0. The molecule has 0 radical (unpaired) electrons. The Morgan fingerprint density at radius 2 is 2.13 bits per heavy atom. The third-order valence-corrected chi connectivity index (χ3v) is 6.89. The molecule has 2 aromatic heterocycles. The van der Waals surface area contributed by atoms with Crippen LogP contribution in [-0.4, -0.2) is 73.3 Å². The highest BCUT2D eigenvalue weighted by atomic mass is 19.3. The van der Waals surface area contributed by atoms with Gasteiger partial charge in [0.2, 0.25) is 11.8 Å². The fourth-order valence-electron chi connectivity index (χ4n) is 4.70. The van der Waals surface area contributed by atoms with Crippen LogP contribution in [0.25, 0.3) is 11.3 Å². The van der Waals surface area contributed by atoms with Crippen LogP contribution in [0, 0.1) is 17.2 Å². The first-order valence-electron chi connectivity index (χ1n) is 12.3. The highest BCUT2D eigenvalue weighted by molar-refractivity contribution is 5.94. The zero-order valence-electron chi connectivity index (χ0n) is 20.9. The Kier molecular flexibility index (Phi) is 6.96. The van der Waals surface area contributed by atoms with Gasteiger partial charge in [-0.3, -0.25) is 14.3 Å². The number of benzene rings is 1. The molecule has 1 aliphatic heterocycles. The number of carbonyl (C=O) groups excluding carboxylic acids is 2. The molecule has 0 bridgehead atoms. The minimum Gasteiger partial charge on any atom is -0.483 e. The van der Waals surface area contributed by atoms with Crippen LogP contribution in [0.15, 0.2) is 43.0 Å². The van der Waals surface area contributed by atoms with Crippen molar-refractivity contribution >= 4 is 17.6 Å². The van der Waals surface area contributed by atoms with Crippen molar-refractivity contribution in [1.29, 1.82) is 5.26 Å². The predicted octanol–water partition coefficient (Wildman–Crippen LogP) is 2.10. The van der Waals surface area contributed by atoms with Crippen molar-refractivity contribution in [2.24, 2.45) is 13.0 Å². The van der Waals surface area contributed by atoms with Crippen LogP contribution >= 0.6 is 0 Å². The normalized spacial score (nSPS) is 21.6. The minimum atomic E-state index is -3.37. The Morgan fingerprint density at radius 3 is 2.82 bits per heavy atom. The lowest BCUT2D eigenvalue weighted by Gasteiger charge is -2.38. The number of nitrogens with one attached hydrogen (secondary N) is 1. The van der Waals surface area contributed by atoms with Gasteiger partial charge in [-0.1, -0.05) is 0 Å². The van der Waals surface area contributed by atoms with E-state index in [4.69, 9.17) is 9.84 Å². The number of aliphatic hydroxyl groups is 1. The molecule has 1 aromatic carbocycles. The Hall–Kier alpha value is -4.44. The smallest absolute Gasteiger partial charge is 0.301 e. The SMILES string of the molecule is Cn1cc(C2CC2C(=O)Nc2cc(-c3ccc(O[C@H]4CCN(C(=O)CO)CC4(F)F)c(C#N)c3)ncn2)cn1. The number of hydrogen-bond donors (Lipinski definition) is 2. The molecule has 11 nitrogen and oxygen atoms in total. The summed E-state index contributed by atoms with van der Waals surface area (Å²) in [5, 5.41) is 25.6. The van der Waals surface area contributed by atoms with E-state index in [2.05, 4.69) is 20.4 Å². The van der Waals surface area contributed by atoms with Crippen LogP contribution in [0.4, 0.5) is 14.6 Å². The topological polar surface area (TPSA) is 146 Å². The molecule has 3 aromatic rings. The van der Waals surface area contributed by atoms with E-state index in [0.29, 0.717) is 17.1 Å². The Bertz CT molecular complexity index is 1450. The number of alkyl halides is 2. The molecule has 0 spiro atoms. The van der Waals surface area contributed by atoms with Gasteiger partial charge in [0.15, 0.2) is 6.10 Å². The Balaban J connectivity index is 1.27. The number of halogens is 2. The van der Waals surface area contributed by atoms with Gasteiger partial charge in [-0.25, -0.2) is 18.7 Å². The average molecular weight is 538 g/mol. The van der Waals surface area contributed by atoms with E-state index < -0.39 is 31.1 Å². The number of hydrogen-bond acceptors (Lipinski definition) is 8. The number of piperidine rings is 1. The number of nitriles is 1. The number of nitrogens with zero attached hydrogens (tertiary/aromatic N) is 6. The van der Waals surface area contributed by atoms with Crippen molar-refractivity contribution in [3.05, 3.63) is 54.1 Å². The first-order chi connectivity index (χ1) is 18.7. The second-order valence-corrected chi connectivity index (χ2v) is 9.63. The van der Waals surface area contributed by atoms with Crippen molar-refractivity contribution in [1.82, 2.24) is 24.6 Å². The standard InChI is InChI=1S/C26H25F2N7O4/c1-34-11-17(10-32-34)18-7-19(18)25(38)33-23-8-20(30-14-31-23)15-2-3-21(16(6-15)9-29)39-22-4-5-35(24(37)12-36)13-26(22,27)28/h2-3,6,8,10-11,14,18-19,22,36H,4-5,7,12-13H2,1H3,(H,30,31,33,38)/t18?,19?,22-/m0/s1. The number of aliphatic hydroxyl groups excluding tert-OH is 1. The van der Waals surface area contributed by atoms with Gasteiger partial charge in [0.25, 0.3) is 0 Å². The first kappa shape index (κ1) is 26.2. The zero-order chi connectivity index (χ0) is 27.7. The van der Waals surface area contributed by atoms with Crippen LogP contribution in [0.3, 0.4) is 0 Å². The fraction of sp³-hybridized carbons (Fsp3) is 0.385. The van der Waals surface area contributed by atoms with Gasteiger partial charge in [0.1, 0.15) is 30.6 Å². The van der Waals surface area contributed by atoms with Gasteiger partial charge in [-0.2, -0.15) is 10.4 Å². The number of likely N-dealkylation sites (tertiary alicyclic amines) is 1. The number of rotatable bonds is 7. The van der Waals surface area contributed by atoms with Crippen molar-refractivity contribution in [2.75, 3.05) is 25.0 Å². The molecule has 2 aliphatic rings. The molecule has 2 unspecified atom stereocenters. The monoisotopic (exact) mass is 537 g/mol. The quantitative estimate of drug-likeness (QED) is 0.466. The number of ether oxygens (including phenoxy) is 1. The average Bonchev–Trinajstić information content (AvgIpc) is 3.62. The van der Waals surface area contributed by atoms with Crippen molar-refractivity contribution in [3.63, 3.8) is 0 Å². The molecule has 13 heteroatoms. The van der Waals surface area contributed by atoms with Crippen LogP contribution < -0.4 is 10.1 Å². The molecule has 3 atom stereocenters. The number of aromatic nitrogens is 4. The van der Waals surface area contributed by atoms with Crippen LogP contribution in [0.2, 0.25) is 0 Å². The van der Waals surface area contributed by atoms with E-state index in [-0.39, 0.29) is 42.0 Å². The molecule has 2 N–H and O–H groups in total. The fourth-order valence-corrected chi connectivity index (χ4v) is 4.70. The molecule has 39 heavy (non-hydrogen) atoms. The van der Waals surface area contributed by atoms with E-state index in [1.54, 1.807) is 23.0 Å². The van der Waals surface area contributed by atoms with Crippen molar-refractivity contribution < 1.29 is 28.2 Å². The maximum absolute atomic E-state index is 14.7. The lowest BCUT2D eigenvalue weighted by Crippen LogP contribution is -2.55. The van der Waals surface area contributed by atoms with E-state index >= 15 is 0 Å². The summed E-state index contributed by atoms with van der Waals surface area (Å²) in [5.74, 6) is -4.11. The van der Waals surface area contributed by atoms with E-state index in [0.717, 1.165) is 16.9 Å². The second-order valence-electron chi connectivity index (χ2n) is 9.63.